The van der Waals surface area contributed by atoms with E-state index in [0.29, 0.717) is 25.7 Å². The molecule has 1 spiro atoms. The Bertz CT molecular complexity index is 440. The third-order valence-electron chi connectivity index (χ3n) is 4.11. The fraction of sp³-hybridized carbons (Fsp3) is 0.727. The Labute approximate surface area is 109 Å². The SMILES string of the molecule is C[C@@H](O)[C@@](N)(C=O)N1C[C@]2(CCCN2C(=O)O)C1=O. The van der Waals surface area contributed by atoms with Gasteiger partial charge in [0.2, 0.25) is 0 Å². The minimum Gasteiger partial charge on any atom is -0.465 e. The van der Waals surface area contributed by atoms with Gasteiger partial charge in [-0.15, -0.1) is 0 Å². The van der Waals surface area contributed by atoms with Crippen molar-refractivity contribution in [3.63, 3.8) is 0 Å². The van der Waals surface area contributed by atoms with Crippen molar-refractivity contribution >= 4 is 18.3 Å². The van der Waals surface area contributed by atoms with Crippen molar-refractivity contribution < 1.29 is 24.6 Å². The van der Waals surface area contributed by atoms with Gasteiger partial charge in [0.15, 0.2) is 11.9 Å². The molecule has 2 aliphatic heterocycles. The van der Waals surface area contributed by atoms with E-state index in [2.05, 4.69) is 0 Å². The van der Waals surface area contributed by atoms with Gasteiger partial charge < -0.3 is 20.8 Å². The number of aldehydes is 1. The highest BCUT2D eigenvalue weighted by Crippen LogP contribution is 2.41. The molecule has 0 bridgehead atoms. The number of β-lactam (4-membered cyclic amide) rings is 1. The number of aliphatic hydroxyl groups excluding tert-OH is 1. The van der Waals surface area contributed by atoms with Crippen molar-refractivity contribution in [2.45, 2.75) is 37.1 Å². The van der Waals surface area contributed by atoms with Crippen LogP contribution in [0.3, 0.4) is 0 Å². The van der Waals surface area contributed by atoms with Crippen molar-refractivity contribution in [2.75, 3.05) is 13.1 Å². The van der Waals surface area contributed by atoms with Crippen molar-refractivity contribution in [1.29, 1.82) is 0 Å². The monoisotopic (exact) mass is 271 g/mol. The second-order valence-corrected chi connectivity index (χ2v) is 5.14. The largest absolute Gasteiger partial charge is 0.465 e. The maximum Gasteiger partial charge on any atom is 0.408 e. The molecule has 2 amide bonds. The minimum absolute atomic E-state index is 0.0400. The van der Waals surface area contributed by atoms with Gasteiger partial charge in [0.25, 0.3) is 5.91 Å². The number of nitrogens with two attached hydrogens (primary N) is 1. The Morgan fingerprint density at radius 1 is 1.63 bits per heavy atom. The predicted octanol–water partition coefficient (Wildman–Crippen LogP) is -1.42. The maximum atomic E-state index is 12.3. The molecule has 8 heteroatoms. The van der Waals surface area contributed by atoms with Gasteiger partial charge in [-0.05, 0) is 19.8 Å². The van der Waals surface area contributed by atoms with Gasteiger partial charge in [-0.25, -0.2) is 4.79 Å². The molecule has 8 nitrogen and oxygen atoms in total. The molecule has 3 atom stereocenters. The Balaban J connectivity index is 2.24. The van der Waals surface area contributed by atoms with E-state index in [-0.39, 0.29) is 6.54 Å². The molecule has 2 fully saturated rings. The van der Waals surface area contributed by atoms with Crippen LogP contribution in [0.25, 0.3) is 0 Å². The lowest BCUT2D eigenvalue weighted by Gasteiger charge is -2.55. The molecule has 0 aromatic carbocycles. The summed E-state index contributed by atoms with van der Waals surface area (Å²) < 4.78 is 0. The average Bonchev–Trinajstić information content (AvgIpc) is 2.81. The van der Waals surface area contributed by atoms with E-state index in [0.717, 1.165) is 9.80 Å². The zero-order valence-electron chi connectivity index (χ0n) is 10.6. The first-order valence-corrected chi connectivity index (χ1v) is 6.05. The quantitative estimate of drug-likeness (QED) is 0.427. The van der Waals surface area contributed by atoms with Crippen molar-refractivity contribution in [1.82, 2.24) is 9.80 Å². The molecule has 0 aromatic heterocycles. The van der Waals surface area contributed by atoms with Gasteiger partial charge >= 0.3 is 6.09 Å². The van der Waals surface area contributed by atoms with Gasteiger partial charge in [-0.3, -0.25) is 14.5 Å². The minimum atomic E-state index is -1.80. The second-order valence-electron chi connectivity index (χ2n) is 5.14. The topological polar surface area (TPSA) is 124 Å². The standard InChI is InChI=1S/C11H17N3O5/c1-7(16)11(12,6-15)14-5-10(8(14)17)3-2-4-13(10)9(18)19/h6-7,16H,2-5,12H2,1H3,(H,18,19)/t7-,10-,11-/m1/s1. The van der Waals surface area contributed by atoms with Crippen molar-refractivity contribution in [3.8, 4) is 0 Å². The molecule has 2 heterocycles. The predicted molar refractivity (Wildman–Crippen MR) is 63.1 cm³/mol. The number of rotatable bonds is 3. The van der Waals surface area contributed by atoms with Gasteiger partial charge in [0.05, 0.1) is 12.6 Å². The molecular weight excluding hydrogens is 254 g/mol. The number of hydrogen-bond acceptors (Lipinski definition) is 5. The average molecular weight is 271 g/mol. The summed E-state index contributed by atoms with van der Waals surface area (Å²) in [5, 5.41) is 18.6. The van der Waals surface area contributed by atoms with Crippen molar-refractivity contribution in [2.24, 2.45) is 5.73 Å². The lowest BCUT2D eigenvalue weighted by Crippen LogP contribution is -2.81. The van der Waals surface area contributed by atoms with Crippen LogP contribution in [0.5, 0.6) is 0 Å². The molecule has 0 radical (unpaired) electrons. The summed E-state index contributed by atoms with van der Waals surface area (Å²) in [7, 11) is 0. The van der Waals surface area contributed by atoms with E-state index in [4.69, 9.17) is 10.8 Å². The van der Waals surface area contributed by atoms with Gasteiger partial charge in [0.1, 0.15) is 5.54 Å². The summed E-state index contributed by atoms with van der Waals surface area (Å²) in [6.45, 7) is 1.65. The first-order chi connectivity index (χ1) is 8.79. The van der Waals surface area contributed by atoms with Crippen molar-refractivity contribution in [3.05, 3.63) is 0 Å². The van der Waals surface area contributed by atoms with Gasteiger partial charge in [-0.1, -0.05) is 0 Å². The molecule has 106 valence electrons. The molecule has 0 unspecified atom stereocenters. The summed E-state index contributed by atoms with van der Waals surface area (Å²) in [6.07, 6.45) is -1.05. The number of carbonyl (C=O) groups is 3. The van der Waals surface area contributed by atoms with Crippen LogP contribution in [0.15, 0.2) is 0 Å². The van der Waals surface area contributed by atoms with Crippen LogP contribution in [0, 0.1) is 0 Å². The van der Waals surface area contributed by atoms with Crippen LogP contribution < -0.4 is 5.73 Å². The summed E-state index contributed by atoms with van der Waals surface area (Å²) in [6, 6.07) is 0. The zero-order valence-corrected chi connectivity index (χ0v) is 10.6. The molecule has 0 saturated carbocycles. The lowest BCUT2D eigenvalue weighted by molar-refractivity contribution is -0.178. The summed E-state index contributed by atoms with van der Waals surface area (Å²) in [5.41, 5.74) is 2.83. The molecule has 2 rings (SSSR count). The first kappa shape index (κ1) is 13.8. The number of nitrogens with zero attached hydrogens (tertiary/aromatic N) is 2. The number of carboxylic acid groups (broad SMARTS) is 1. The van der Waals surface area contributed by atoms with Crippen LogP contribution >= 0.6 is 0 Å². The summed E-state index contributed by atoms with van der Waals surface area (Å²) in [4.78, 5) is 36.6. The highest BCUT2D eigenvalue weighted by atomic mass is 16.4. The Hall–Kier alpha value is -1.67. The van der Waals surface area contributed by atoms with E-state index in [1.165, 1.54) is 6.92 Å². The molecule has 0 aliphatic carbocycles. The Morgan fingerprint density at radius 2 is 2.26 bits per heavy atom. The highest BCUT2D eigenvalue weighted by Gasteiger charge is 2.64. The zero-order chi connectivity index (χ0) is 14.4. The van der Waals surface area contributed by atoms with Gasteiger partial charge in [-0.2, -0.15) is 0 Å². The number of likely N-dealkylation sites (tertiary alicyclic amines) is 2. The van der Waals surface area contributed by atoms with E-state index >= 15 is 0 Å². The number of amides is 2. The number of carbonyl (C=O) groups excluding carboxylic acids is 2. The lowest BCUT2D eigenvalue weighted by atomic mass is 9.82. The maximum absolute atomic E-state index is 12.3. The van der Waals surface area contributed by atoms with E-state index in [9.17, 15) is 19.5 Å². The molecule has 0 aromatic rings. The normalized spacial score (nSPS) is 31.0. The van der Waals surface area contributed by atoms with Crippen LogP contribution in [0.4, 0.5) is 4.79 Å². The van der Waals surface area contributed by atoms with E-state index in [1.54, 1.807) is 0 Å². The Kier molecular flexibility index (Phi) is 3.02. The molecule has 2 aliphatic rings. The van der Waals surface area contributed by atoms with Crippen LogP contribution in [-0.2, 0) is 9.59 Å². The summed E-state index contributed by atoms with van der Waals surface area (Å²) in [5.74, 6) is -0.511. The van der Waals surface area contributed by atoms with Gasteiger partial charge in [0, 0.05) is 6.54 Å². The fourth-order valence-corrected chi connectivity index (χ4v) is 2.81. The van der Waals surface area contributed by atoms with E-state index < -0.39 is 29.3 Å². The third kappa shape index (κ3) is 1.63. The molecule has 2 saturated heterocycles. The number of hydrogen-bond donors (Lipinski definition) is 3. The third-order valence-corrected chi connectivity index (χ3v) is 4.11. The van der Waals surface area contributed by atoms with E-state index in [1.807, 2.05) is 0 Å². The second kappa shape index (κ2) is 4.17. The first-order valence-electron chi connectivity index (χ1n) is 6.05. The smallest absolute Gasteiger partial charge is 0.408 e. The van der Waals surface area contributed by atoms with Crippen LogP contribution in [-0.4, -0.2) is 68.7 Å². The Morgan fingerprint density at radius 3 is 2.68 bits per heavy atom. The fourth-order valence-electron chi connectivity index (χ4n) is 2.81. The summed E-state index contributed by atoms with van der Waals surface area (Å²) >= 11 is 0. The number of aliphatic hydroxyl groups is 1. The molecule has 4 N–H and O–H groups in total. The van der Waals surface area contributed by atoms with Crippen LogP contribution in [0.1, 0.15) is 19.8 Å². The highest BCUT2D eigenvalue weighted by molar-refractivity contribution is 5.98. The molecule has 19 heavy (non-hydrogen) atoms. The molecular formula is C11H17N3O5. The van der Waals surface area contributed by atoms with Crippen LogP contribution in [0.2, 0.25) is 0 Å².